The van der Waals surface area contributed by atoms with E-state index in [9.17, 15) is 15.0 Å². The topological polar surface area (TPSA) is 88.0 Å². The molecule has 1 aliphatic carbocycles. The van der Waals surface area contributed by atoms with Crippen molar-refractivity contribution in [1.82, 2.24) is 5.32 Å². The van der Waals surface area contributed by atoms with Gasteiger partial charge in [-0.15, -0.1) is 0 Å². The van der Waals surface area contributed by atoms with Crippen molar-refractivity contribution < 1.29 is 24.5 Å². The lowest BCUT2D eigenvalue weighted by molar-refractivity contribution is 0.0235. The Hall–Kier alpha value is -2.73. The summed E-state index contributed by atoms with van der Waals surface area (Å²) in [6.45, 7) is 0.686. The molecule has 4 rings (SSSR count). The highest BCUT2D eigenvalue weighted by Gasteiger charge is 2.36. The van der Waals surface area contributed by atoms with Crippen LogP contribution in [0.5, 0.6) is 17.2 Å². The zero-order chi connectivity index (χ0) is 19.0. The molecule has 6 nitrogen and oxygen atoms in total. The number of aromatic hydroxyl groups is 1. The molecule has 0 aromatic heterocycles. The van der Waals surface area contributed by atoms with Crippen LogP contribution in [0.1, 0.15) is 40.4 Å². The Balaban J connectivity index is 1.59. The number of phenols is 1. The summed E-state index contributed by atoms with van der Waals surface area (Å²) in [5.41, 5.74) is 2.59. The van der Waals surface area contributed by atoms with Gasteiger partial charge >= 0.3 is 0 Å². The number of aliphatic hydroxyl groups excluding tert-OH is 1. The molecule has 3 N–H and O–H groups in total. The molecule has 2 aromatic rings. The molecule has 1 fully saturated rings. The number of amides is 1. The van der Waals surface area contributed by atoms with Gasteiger partial charge in [-0.3, -0.25) is 4.79 Å². The van der Waals surface area contributed by atoms with Crippen molar-refractivity contribution in [3.05, 3.63) is 53.1 Å². The molecule has 2 aliphatic rings. The Morgan fingerprint density at radius 2 is 2.07 bits per heavy atom. The molecule has 27 heavy (non-hydrogen) atoms. The Morgan fingerprint density at radius 3 is 2.81 bits per heavy atom. The minimum absolute atomic E-state index is 0.00802. The van der Waals surface area contributed by atoms with Crippen LogP contribution in [0.15, 0.2) is 36.4 Å². The maximum atomic E-state index is 12.8. The van der Waals surface area contributed by atoms with Crippen LogP contribution in [0, 0.1) is 5.92 Å². The summed E-state index contributed by atoms with van der Waals surface area (Å²) in [6, 6.07) is 10.4. The van der Waals surface area contributed by atoms with Gasteiger partial charge in [0.1, 0.15) is 5.75 Å². The number of methoxy groups -OCH3 is 1. The molecule has 6 heteroatoms. The first-order valence-corrected chi connectivity index (χ1v) is 9.16. The molecule has 1 unspecified atom stereocenters. The summed E-state index contributed by atoms with van der Waals surface area (Å²) in [5.74, 6) is 1.10. The highest BCUT2D eigenvalue weighted by Crippen LogP contribution is 2.40. The van der Waals surface area contributed by atoms with Gasteiger partial charge in [-0.25, -0.2) is 0 Å². The average Bonchev–Trinajstić information content (AvgIpc) is 3.11. The summed E-state index contributed by atoms with van der Waals surface area (Å²) in [7, 11) is 1.45. The van der Waals surface area contributed by atoms with Crippen LogP contribution in [-0.4, -0.2) is 35.9 Å². The lowest BCUT2D eigenvalue weighted by Crippen LogP contribution is -2.41. The highest BCUT2D eigenvalue weighted by atomic mass is 16.5. The summed E-state index contributed by atoms with van der Waals surface area (Å²) in [5, 5.41) is 22.6. The van der Waals surface area contributed by atoms with E-state index in [2.05, 4.69) is 11.4 Å². The van der Waals surface area contributed by atoms with Crippen molar-refractivity contribution in [3.63, 3.8) is 0 Å². The number of carbonyl (C=O) groups is 1. The van der Waals surface area contributed by atoms with Crippen molar-refractivity contribution in [2.75, 3.05) is 13.7 Å². The highest BCUT2D eigenvalue weighted by molar-refractivity contribution is 5.95. The van der Waals surface area contributed by atoms with Gasteiger partial charge in [0.05, 0.1) is 25.9 Å². The van der Waals surface area contributed by atoms with Gasteiger partial charge in [0.15, 0.2) is 11.5 Å². The van der Waals surface area contributed by atoms with E-state index in [0.29, 0.717) is 25.0 Å². The number of hydrogen-bond acceptors (Lipinski definition) is 5. The predicted molar refractivity (Wildman–Crippen MR) is 99.2 cm³/mol. The minimum Gasteiger partial charge on any atom is -0.504 e. The van der Waals surface area contributed by atoms with Crippen LogP contribution in [-0.2, 0) is 6.42 Å². The van der Waals surface area contributed by atoms with Crippen molar-refractivity contribution >= 4 is 5.91 Å². The van der Waals surface area contributed by atoms with Crippen molar-refractivity contribution in [1.29, 1.82) is 0 Å². The van der Waals surface area contributed by atoms with Crippen LogP contribution < -0.4 is 14.8 Å². The Labute approximate surface area is 157 Å². The van der Waals surface area contributed by atoms with Gasteiger partial charge in [0.25, 0.3) is 5.91 Å². The molecular weight excluding hydrogens is 346 g/mol. The lowest BCUT2D eigenvalue weighted by Gasteiger charge is -2.38. The number of ether oxygens (including phenoxy) is 2. The molecule has 142 valence electrons. The summed E-state index contributed by atoms with van der Waals surface area (Å²) in [4.78, 5) is 12.8. The number of fused-ring (bicyclic) bond motifs is 1. The number of hydrogen-bond donors (Lipinski definition) is 3. The van der Waals surface area contributed by atoms with Crippen LogP contribution >= 0.6 is 0 Å². The standard InChI is InChI=1S/C21H23NO5/c1-26-19-11-14(2-4-17(19)24)21(25)22-20(15-9-16(23)10-15)13-3-5-18-12(8-13)6-7-27-18/h2-5,8,11,15-16,20,23-24H,6-7,9-10H2,1H3,(H,22,25). The summed E-state index contributed by atoms with van der Waals surface area (Å²) in [6.07, 6.45) is 1.89. The minimum atomic E-state index is -0.305. The van der Waals surface area contributed by atoms with E-state index < -0.39 is 0 Å². The zero-order valence-corrected chi connectivity index (χ0v) is 15.1. The summed E-state index contributed by atoms with van der Waals surface area (Å²) < 4.78 is 10.7. The van der Waals surface area contributed by atoms with E-state index in [1.807, 2.05) is 12.1 Å². The largest absolute Gasteiger partial charge is 0.504 e. The number of aliphatic hydroxyl groups is 1. The molecule has 1 amide bonds. The average molecular weight is 369 g/mol. The van der Waals surface area contributed by atoms with E-state index in [1.165, 1.54) is 19.2 Å². The first kappa shape index (κ1) is 17.7. The third kappa shape index (κ3) is 3.45. The predicted octanol–water partition coefficient (Wildman–Crippen LogP) is 2.58. The molecular formula is C21H23NO5. The Morgan fingerprint density at radius 1 is 1.26 bits per heavy atom. The molecule has 1 heterocycles. The van der Waals surface area contributed by atoms with Gasteiger partial charge in [-0.05, 0) is 60.2 Å². The smallest absolute Gasteiger partial charge is 0.251 e. The number of benzene rings is 2. The van der Waals surface area contributed by atoms with Crippen molar-refractivity contribution in [2.45, 2.75) is 31.4 Å². The molecule has 0 saturated heterocycles. The molecule has 0 radical (unpaired) electrons. The van der Waals surface area contributed by atoms with Crippen molar-refractivity contribution in [3.8, 4) is 17.2 Å². The van der Waals surface area contributed by atoms with Gasteiger partial charge in [-0.1, -0.05) is 6.07 Å². The van der Waals surface area contributed by atoms with E-state index in [0.717, 1.165) is 23.3 Å². The van der Waals surface area contributed by atoms with Gasteiger partial charge in [0, 0.05) is 12.0 Å². The van der Waals surface area contributed by atoms with E-state index >= 15 is 0 Å². The molecule has 0 spiro atoms. The first-order valence-electron chi connectivity index (χ1n) is 9.16. The van der Waals surface area contributed by atoms with Gasteiger partial charge in [-0.2, -0.15) is 0 Å². The molecule has 1 atom stereocenters. The van der Waals surface area contributed by atoms with Gasteiger partial charge in [0.2, 0.25) is 0 Å². The van der Waals surface area contributed by atoms with Crippen LogP contribution in [0.4, 0.5) is 0 Å². The van der Waals surface area contributed by atoms with E-state index in [4.69, 9.17) is 9.47 Å². The van der Waals surface area contributed by atoms with Crippen molar-refractivity contribution in [2.24, 2.45) is 5.92 Å². The van der Waals surface area contributed by atoms with Crippen LogP contribution in [0.3, 0.4) is 0 Å². The Kier molecular flexibility index (Phi) is 4.66. The zero-order valence-electron chi connectivity index (χ0n) is 15.1. The molecule has 1 aliphatic heterocycles. The molecule has 2 aromatic carbocycles. The van der Waals surface area contributed by atoms with E-state index in [1.54, 1.807) is 6.07 Å². The maximum Gasteiger partial charge on any atom is 0.251 e. The normalized spacial score (nSPS) is 21.6. The Bertz CT molecular complexity index is 860. The number of carbonyl (C=O) groups excluding carboxylic acids is 1. The van der Waals surface area contributed by atoms with Crippen LogP contribution in [0.2, 0.25) is 0 Å². The fourth-order valence-corrected chi connectivity index (χ4v) is 3.82. The molecule has 0 bridgehead atoms. The molecule has 1 saturated carbocycles. The third-order valence-electron chi connectivity index (χ3n) is 5.42. The van der Waals surface area contributed by atoms with Gasteiger partial charge < -0.3 is 25.0 Å². The van der Waals surface area contributed by atoms with E-state index in [-0.39, 0.29) is 35.5 Å². The number of nitrogens with one attached hydrogen (secondary N) is 1. The summed E-state index contributed by atoms with van der Waals surface area (Å²) >= 11 is 0. The monoisotopic (exact) mass is 369 g/mol. The quantitative estimate of drug-likeness (QED) is 0.754. The lowest BCUT2D eigenvalue weighted by atomic mass is 9.74. The maximum absolute atomic E-state index is 12.8. The second kappa shape index (κ2) is 7.12. The third-order valence-corrected chi connectivity index (χ3v) is 5.42. The number of rotatable bonds is 5. The fourth-order valence-electron chi connectivity index (χ4n) is 3.82. The SMILES string of the molecule is COc1cc(C(=O)NC(c2ccc3c(c2)CCO3)C2CC(O)C2)ccc1O. The number of phenolic OH excluding ortho intramolecular Hbond substituents is 1. The second-order valence-electron chi connectivity index (χ2n) is 7.19. The first-order chi connectivity index (χ1) is 13.0. The second-order valence-corrected chi connectivity index (χ2v) is 7.19. The fraction of sp³-hybridized carbons (Fsp3) is 0.381. The van der Waals surface area contributed by atoms with Crippen LogP contribution in [0.25, 0.3) is 0 Å².